The number of carboxylic acid groups (broad SMARTS) is 1. The molecule has 0 heterocycles. The predicted molar refractivity (Wildman–Crippen MR) is 86.6 cm³/mol. The van der Waals surface area contributed by atoms with Crippen molar-refractivity contribution in [3.8, 4) is 0 Å². The molecule has 0 aliphatic heterocycles. The molecule has 19 heavy (non-hydrogen) atoms. The van der Waals surface area contributed by atoms with E-state index in [1.165, 1.54) is 63.5 Å². The second kappa shape index (κ2) is 11.5. The molecule has 3 heteroatoms. The number of carboxylic acids is 1. The molecular weight excluding hydrogens is 252 g/mol. The van der Waals surface area contributed by atoms with E-state index in [9.17, 15) is 4.79 Å². The van der Waals surface area contributed by atoms with Crippen molar-refractivity contribution in [2.45, 2.75) is 96.3 Å². The van der Waals surface area contributed by atoms with Gasteiger partial charge in [-0.25, -0.2) is 0 Å². The summed E-state index contributed by atoms with van der Waals surface area (Å²) in [5.74, 6) is -0.642. The largest absolute Gasteiger partial charge is 0.481 e. The molecule has 0 rings (SSSR count). The molecule has 0 radical (unpaired) electrons. The van der Waals surface area contributed by atoms with Crippen LogP contribution in [0.4, 0.5) is 0 Å². The average molecular weight is 287 g/mol. The fraction of sp³-hybridized carbons (Fsp3) is 0.938. The molecule has 0 aliphatic rings. The zero-order valence-corrected chi connectivity index (χ0v) is 14.3. The zero-order chi connectivity index (χ0) is 14.6. The van der Waals surface area contributed by atoms with E-state index in [-0.39, 0.29) is 0 Å². The van der Waals surface area contributed by atoms with E-state index in [2.05, 4.69) is 20.0 Å². The van der Waals surface area contributed by atoms with Gasteiger partial charge in [-0.3, -0.25) is 4.79 Å². The molecule has 0 amide bonds. The van der Waals surface area contributed by atoms with Crippen molar-refractivity contribution in [1.82, 2.24) is 0 Å². The molecule has 114 valence electrons. The van der Waals surface area contributed by atoms with Gasteiger partial charge in [0.05, 0.1) is 0 Å². The van der Waals surface area contributed by atoms with Crippen LogP contribution < -0.4 is 0 Å². The van der Waals surface area contributed by atoms with Crippen LogP contribution in [0.5, 0.6) is 0 Å². The van der Waals surface area contributed by atoms with E-state index < -0.39 is 14.0 Å². The van der Waals surface area contributed by atoms with E-state index in [1.54, 1.807) is 0 Å². The van der Waals surface area contributed by atoms with Crippen LogP contribution in [-0.4, -0.2) is 19.1 Å². The second-order valence-corrected chi connectivity index (χ2v) is 12.0. The van der Waals surface area contributed by atoms with E-state index in [0.717, 1.165) is 6.42 Å². The molecule has 0 spiro atoms. The molecular formula is C16H34O2Si. The smallest absolute Gasteiger partial charge is 0.303 e. The van der Waals surface area contributed by atoms with Crippen molar-refractivity contribution >= 4 is 14.0 Å². The highest BCUT2D eigenvalue weighted by Crippen LogP contribution is 2.22. The van der Waals surface area contributed by atoms with Gasteiger partial charge < -0.3 is 5.11 Å². The SMILES string of the molecule is CCCCCCCCCC[Si](C)(C)CCCC(=O)O. The molecule has 0 aromatic heterocycles. The Kier molecular flexibility index (Phi) is 11.3. The van der Waals surface area contributed by atoms with E-state index in [1.807, 2.05) is 0 Å². The number of unbranched alkanes of at least 4 members (excludes halogenated alkanes) is 7. The van der Waals surface area contributed by atoms with Gasteiger partial charge in [0.1, 0.15) is 0 Å². The minimum absolute atomic E-state index is 0.355. The molecule has 0 saturated heterocycles. The van der Waals surface area contributed by atoms with E-state index in [4.69, 9.17) is 5.11 Å². The number of hydrogen-bond acceptors (Lipinski definition) is 1. The highest BCUT2D eigenvalue weighted by molar-refractivity contribution is 6.77. The predicted octanol–water partition coefficient (Wildman–Crippen LogP) is 5.70. The van der Waals surface area contributed by atoms with Crippen molar-refractivity contribution in [1.29, 1.82) is 0 Å². The first-order chi connectivity index (χ1) is 8.98. The van der Waals surface area contributed by atoms with Crippen molar-refractivity contribution in [2.75, 3.05) is 0 Å². The Morgan fingerprint density at radius 1 is 0.842 bits per heavy atom. The molecule has 0 aromatic carbocycles. The average Bonchev–Trinajstić information content (AvgIpc) is 2.31. The minimum Gasteiger partial charge on any atom is -0.481 e. The summed E-state index contributed by atoms with van der Waals surface area (Å²) < 4.78 is 0. The fourth-order valence-corrected chi connectivity index (χ4v) is 5.17. The summed E-state index contributed by atoms with van der Waals surface area (Å²) in [5, 5.41) is 8.66. The van der Waals surface area contributed by atoms with Crippen LogP contribution in [0.3, 0.4) is 0 Å². The van der Waals surface area contributed by atoms with Gasteiger partial charge in [-0.2, -0.15) is 0 Å². The van der Waals surface area contributed by atoms with Crippen LogP contribution in [0.1, 0.15) is 71.1 Å². The lowest BCUT2D eigenvalue weighted by Crippen LogP contribution is -2.24. The molecule has 0 bridgehead atoms. The number of aliphatic carboxylic acids is 1. The van der Waals surface area contributed by atoms with Crippen LogP contribution in [0.15, 0.2) is 0 Å². The van der Waals surface area contributed by atoms with Crippen LogP contribution in [0.25, 0.3) is 0 Å². The summed E-state index contributed by atoms with van der Waals surface area (Å²) in [6.07, 6.45) is 12.3. The second-order valence-electron chi connectivity index (χ2n) is 6.64. The summed E-state index contributed by atoms with van der Waals surface area (Å²) in [6.45, 7) is 7.09. The molecule has 0 aromatic rings. The summed E-state index contributed by atoms with van der Waals surface area (Å²) in [6, 6.07) is 2.55. The maximum absolute atomic E-state index is 10.5. The summed E-state index contributed by atoms with van der Waals surface area (Å²) in [4.78, 5) is 10.5. The Balaban J connectivity index is 3.39. The normalized spacial score (nSPS) is 11.7. The van der Waals surface area contributed by atoms with Gasteiger partial charge >= 0.3 is 5.97 Å². The first-order valence-electron chi connectivity index (χ1n) is 8.20. The van der Waals surface area contributed by atoms with E-state index >= 15 is 0 Å². The highest BCUT2D eigenvalue weighted by atomic mass is 28.3. The van der Waals surface area contributed by atoms with Crippen molar-refractivity contribution in [3.63, 3.8) is 0 Å². The topological polar surface area (TPSA) is 37.3 Å². The van der Waals surface area contributed by atoms with Crippen LogP contribution in [0.2, 0.25) is 25.2 Å². The van der Waals surface area contributed by atoms with Crippen LogP contribution >= 0.6 is 0 Å². The lowest BCUT2D eigenvalue weighted by molar-refractivity contribution is -0.137. The van der Waals surface area contributed by atoms with Crippen molar-refractivity contribution in [3.05, 3.63) is 0 Å². The monoisotopic (exact) mass is 286 g/mol. The Labute approximate surface area is 121 Å². The Morgan fingerprint density at radius 3 is 1.84 bits per heavy atom. The van der Waals surface area contributed by atoms with Gasteiger partial charge in [-0.05, 0) is 6.42 Å². The van der Waals surface area contributed by atoms with Gasteiger partial charge in [-0.1, -0.05) is 83.5 Å². The van der Waals surface area contributed by atoms with Crippen molar-refractivity contribution < 1.29 is 9.90 Å². The van der Waals surface area contributed by atoms with Crippen LogP contribution in [0, 0.1) is 0 Å². The molecule has 0 saturated carbocycles. The van der Waals surface area contributed by atoms with Gasteiger partial charge in [0, 0.05) is 14.5 Å². The summed E-state index contributed by atoms with van der Waals surface area (Å²) in [5.41, 5.74) is 0. The van der Waals surface area contributed by atoms with Gasteiger partial charge in [0.25, 0.3) is 0 Å². The quantitative estimate of drug-likeness (QED) is 0.348. The number of carbonyl (C=O) groups is 1. The zero-order valence-electron chi connectivity index (χ0n) is 13.3. The first kappa shape index (κ1) is 18.7. The Hall–Kier alpha value is -0.313. The first-order valence-corrected chi connectivity index (χ1v) is 11.6. The Bertz CT molecular complexity index is 227. The maximum atomic E-state index is 10.5. The van der Waals surface area contributed by atoms with Gasteiger partial charge in [0.15, 0.2) is 0 Å². The van der Waals surface area contributed by atoms with Crippen LogP contribution in [-0.2, 0) is 4.79 Å². The van der Waals surface area contributed by atoms with Gasteiger partial charge in [-0.15, -0.1) is 0 Å². The summed E-state index contributed by atoms with van der Waals surface area (Å²) in [7, 11) is -1.11. The van der Waals surface area contributed by atoms with Crippen molar-refractivity contribution in [2.24, 2.45) is 0 Å². The third-order valence-corrected chi connectivity index (χ3v) is 7.37. The number of rotatable bonds is 13. The third kappa shape index (κ3) is 13.9. The fourth-order valence-electron chi connectivity index (χ4n) is 2.58. The van der Waals surface area contributed by atoms with Gasteiger partial charge in [0.2, 0.25) is 0 Å². The number of hydrogen-bond donors (Lipinski definition) is 1. The molecule has 0 aliphatic carbocycles. The maximum Gasteiger partial charge on any atom is 0.303 e. The third-order valence-electron chi connectivity index (χ3n) is 3.95. The standard InChI is InChI=1S/C16H34O2Si/c1-4-5-6-7-8-9-10-11-14-19(2,3)15-12-13-16(17)18/h4-15H2,1-3H3,(H,17,18). The van der Waals surface area contributed by atoms with E-state index in [0.29, 0.717) is 6.42 Å². The Morgan fingerprint density at radius 2 is 1.32 bits per heavy atom. The molecule has 2 nitrogen and oxygen atoms in total. The lowest BCUT2D eigenvalue weighted by Gasteiger charge is -2.21. The lowest BCUT2D eigenvalue weighted by atomic mass is 10.1. The minimum atomic E-state index is -1.11. The molecule has 0 fully saturated rings. The molecule has 1 N–H and O–H groups in total. The molecule has 0 atom stereocenters. The highest BCUT2D eigenvalue weighted by Gasteiger charge is 2.19. The summed E-state index contributed by atoms with van der Waals surface area (Å²) >= 11 is 0. The molecule has 0 unspecified atom stereocenters.